The van der Waals surface area contributed by atoms with Gasteiger partial charge in [-0.1, -0.05) is 30.3 Å². The second-order valence-corrected chi connectivity index (χ2v) is 5.11. The Balaban J connectivity index is 2.18. The highest BCUT2D eigenvalue weighted by Crippen LogP contribution is 2.34. The Hall–Kier alpha value is -3.15. The topological polar surface area (TPSA) is 90.3 Å². The number of nitrogens with zero attached hydrogens (tertiary/aromatic N) is 2. The van der Waals surface area contributed by atoms with Crippen molar-refractivity contribution in [3.8, 4) is 22.6 Å². The number of carboxylic acids is 1. The molecule has 1 atom stereocenters. The van der Waals surface area contributed by atoms with E-state index in [4.69, 9.17) is 9.52 Å². The van der Waals surface area contributed by atoms with Crippen LogP contribution < -0.4 is 4.73 Å². The summed E-state index contributed by atoms with van der Waals surface area (Å²) in [6.07, 6.45) is 2.73. The van der Waals surface area contributed by atoms with Crippen LogP contribution in [0.2, 0.25) is 0 Å². The molecule has 2 heterocycles. The lowest BCUT2D eigenvalue weighted by molar-refractivity contribution is -0.604. The third-order valence-corrected chi connectivity index (χ3v) is 3.47. The van der Waals surface area contributed by atoms with E-state index in [-0.39, 0.29) is 5.89 Å². The van der Waals surface area contributed by atoms with Crippen LogP contribution in [-0.4, -0.2) is 16.1 Å². The molecule has 6 nitrogen and oxygen atoms in total. The first-order valence-corrected chi connectivity index (χ1v) is 7.04. The van der Waals surface area contributed by atoms with E-state index < -0.39 is 11.9 Å². The van der Waals surface area contributed by atoms with E-state index in [1.165, 1.54) is 19.3 Å². The van der Waals surface area contributed by atoms with Gasteiger partial charge >= 0.3 is 5.97 Å². The average Bonchev–Trinajstić information content (AvgIpc) is 3.00. The van der Waals surface area contributed by atoms with Crippen molar-refractivity contribution in [1.29, 1.82) is 0 Å². The lowest BCUT2D eigenvalue weighted by atomic mass is 10.1. The minimum atomic E-state index is -1.02. The summed E-state index contributed by atoms with van der Waals surface area (Å²) < 4.78 is 6.35. The van der Waals surface area contributed by atoms with Crippen LogP contribution in [0.5, 0.6) is 0 Å². The number of pyridine rings is 1. The van der Waals surface area contributed by atoms with Gasteiger partial charge in [-0.15, -0.1) is 0 Å². The molecule has 0 bridgehead atoms. The number of oxazole rings is 1. The number of benzene rings is 1. The van der Waals surface area contributed by atoms with Gasteiger partial charge in [-0.3, -0.25) is 4.79 Å². The molecule has 0 aliphatic rings. The lowest BCUT2D eigenvalue weighted by Crippen LogP contribution is -2.23. The van der Waals surface area contributed by atoms with Crippen LogP contribution in [-0.2, 0) is 4.79 Å². The van der Waals surface area contributed by atoms with Crippen molar-refractivity contribution in [3.05, 3.63) is 66.0 Å². The molecule has 0 aliphatic carbocycles. The first-order chi connectivity index (χ1) is 11.1. The average molecular weight is 310 g/mol. The van der Waals surface area contributed by atoms with Gasteiger partial charge in [0.1, 0.15) is 11.6 Å². The molecule has 23 heavy (non-hydrogen) atoms. The molecule has 0 saturated carbocycles. The molecule has 0 fully saturated rings. The van der Waals surface area contributed by atoms with E-state index in [1.807, 2.05) is 30.3 Å². The largest absolute Gasteiger partial charge is 0.619 e. The molecule has 3 rings (SSSR count). The van der Waals surface area contributed by atoms with Crippen LogP contribution in [0.4, 0.5) is 0 Å². The van der Waals surface area contributed by atoms with Crippen LogP contribution in [0.15, 0.2) is 59.3 Å². The Morgan fingerprint density at radius 3 is 2.57 bits per heavy atom. The normalized spacial score (nSPS) is 12.0. The lowest BCUT2D eigenvalue weighted by Gasteiger charge is -2.01. The third kappa shape index (κ3) is 2.91. The van der Waals surface area contributed by atoms with Crippen molar-refractivity contribution in [2.75, 3.05) is 0 Å². The first-order valence-electron chi connectivity index (χ1n) is 7.04. The second kappa shape index (κ2) is 5.92. The summed E-state index contributed by atoms with van der Waals surface area (Å²) in [5, 5.41) is 20.7. The summed E-state index contributed by atoms with van der Waals surface area (Å²) in [4.78, 5) is 15.5. The minimum Gasteiger partial charge on any atom is -0.619 e. The molecule has 6 heteroatoms. The Morgan fingerprint density at radius 1 is 1.22 bits per heavy atom. The Morgan fingerprint density at radius 2 is 1.91 bits per heavy atom. The molecule has 0 aliphatic heterocycles. The molecule has 1 aromatic carbocycles. The molecule has 1 N–H and O–H groups in total. The molecular formula is C17H14N2O4. The number of carboxylic acid groups (broad SMARTS) is 1. The fourth-order valence-electron chi connectivity index (χ4n) is 2.20. The fourth-order valence-corrected chi connectivity index (χ4v) is 2.20. The third-order valence-electron chi connectivity index (χ3n) is 3.47. The smallest absolute Gasteiger partial charge is 0.315 e. The van der Waals surface area contributed by atoms with Crippen molar-refractivity contribution in [2.24, 2.45) is 0 Å². The van der Waals surface area contributed by atoms with Crippen LogP contribution in [0, 0.1) is 5.21 Å². The van der Waals surface area contributed by atoms with E-state index in [2.05, 4.69) is 4.98 Å². The van der Waals surface area contributed by atoms with Crippen molar-refractivity contribution >= 4 is 5.97 Å². The maximum atomic E-state index is 11.5. The highest BCUT2D eigenvalue weighted by molar-refractivity contribution is 5.78. The molecular weight excluding hydrogens is 296 g/mol. The van der Waals surface area contributed by atoms with Gasteiger partial charge in [-0.2, -0.15) is 4.73 Å². The van der Waals surface area contributed by atoms with Crippen molar-refractivity contribution in [3.63, 3.8) is 0 Å². The Bertz CT molecular complexity index is 843. The molecule has 0 radical (unpaired) electrons. The number of aliphatic carboxylic acids is 1. The zero-order chi connectivity index (χ0) is 16.4. The minimum absolute atomic E-state index is 0.104. The summed E-state index contributed by atoms with van der Waals surface area (Å²) in [6.45, 7) is 1.51. The predicted octanol–water partition coefficient (Wildman–Crippen LogP) is 2.83. The fraction of sp³-hybridized carbons (Fsp3) is 0.118. The van der Waals surface area contributed by atoms with Crippen LogP contribution in [0.1, 0.15) is 18.7 Å². The van der Waals surface area contributed by atoms with Gasteiger partial charge in [-0.25, -0.2) is 4.98 Å². The molecule has 2 aromatic heterocycles. The van der Waals surface area contributed by atoms with E-state index >= 15 is 0 Å². The first kappa shape index (κ1) is 14.8. The standard InChI is InChI=1S/C17H14N2O4/c1-11(17(20)21)16-18-14(12-6-3-2-4-7-12)15(23-16)13-8-5-9-19(22)10-13/h2-11H,1H3,(H,20,21). The van der Waals surface area contributed by atoms with Gasteiger partial charge in [0, 0.05) is 11.6 Å². The van der Waals surface area contributed by atoms with Gasteiger partial charge < -0.3 is 14.7 Å². The second-order valence-electron chi connectivity index (χ2n) is 5.11. The maximum Gasteiger partial charge on any atom is 0.315 e. The van der Waals surface area contributed by atoms with Crippen molar-refractivity contribution in [1.82, 2.24) is 4.98 Å². The zero-order valence-electron chi connectivity index (χ0n) is 12.3. The summed E-state index contributed by atoms with van der Waals surface area (Å²) >= 11 is 0. The number of hydrogen-bond acceptors (Lipinski definition) is 4. The summed E-state index contributed by atoms with van der Waals surface area (Å²) in [5.41, 5.74) is 1.84. The molecule has 0 saturated heterocycles. The van der Waals surface area contributed by atoms with Crippen LogP contribution in [0.3, 0.4) is 0 Å². The summed E-state index contributed by atoms with van der Waals surface area (Å²) in [6, 6.07) is 12.6. The predicted molar refractivity (Wildman–Crippen MR) is 82.4 cm³/mol. The Kier molecular flexibility index (Phi) is 3.80. The van der Waals surface area contributed by atoms with Gasteiger partial charge in [0.2, 0.25) is 5.89 Å². The van der Waals surface area contributed by atoms with Crippen molar-refractivity contribution < 1.29 is 19.0 Å². The monoisotopic (exact) mass is 310 g/mol. The highest BCUT2D eigenvalue weighted by atomic mass is 16.5. The molecule has 0 spiro atoms. The number of carbonyl (C=O) groups is 1. The van der Waals surface area contributed by atoms with E-state index in [0.29, 0.717) is 21.7 Å². The Labute approximate surface area is 132 Å². The zero-order valence-corrected chi connectivity index (χ0v) is 12.3. The quantitative estimate of drug-likeness (QED) is 0.591. The van der Waals surface area contributed by atoms with E-state index in [9.17, 15) is 10.0 Å². The van der Waals surface area contributed by atoms with Crippen LogP contribution >= 0.6 is 0 Å². The molecule has 0 amide bonds. The molecule has 3 aromatic rings. The van der Waals surface area contributed by atoms with Gasteiger partial charge in [0.05, 0.1) is 5.56 Å². The maximum absolute atomic E-state index is 11.5. The van der Waals surface area contributed by atoms with E-state index in [0.717, 1.165) is 5.56 Å². The molecule has 1 unspecified atom stereocenters. The summed E-state index contributed by atoms with van der Waals surface area (Å²) in [7, 11) is 0. The highest BCUT2D eigenvalue weighted by Gasteiger charge is 2.25. The summed E-state index contributed by atoms with van der Waals surface area (Å²) in [5.74, 6) is -1.42. The van der Waals surface area contributed by atoms with Gasteiger partial charge in [-0.05, 0) is 13.0 Å². The van der Waals surface area contributed by atoms with E-state index in [1.54, 1.807) is 12.1 Å². The SMILES string of the molecule is CC(C(=O)O)c1nc(-c2ccccc2)c(-c2ccc[n+]([O-])c2)o1. The van der Waals surface area contributed by atoms with Gasteiger partial charge in [0.25, 0.3) is 0 Å². The van der Waals surface area contributed by atoms with Crippen LogP contribution in [0.25, 0.3) is 22.6 Å². The number of hydrogen-bond donors (Lipinski definition) is 1. The van der Waals surface area contributed by atoms with Crippen molar-refractivity contribution in [2.45, 2.75) is 12.8 Å². The number of rotatable bonds is 4. The van der Waals surface area contributed by atoms with Gasteiger partial charge in [0.15, 0.2) is 18.2 Å². The number of aromatic nitrogens is 2. The molecule has 116 valence electrons.